The van der Waals surface area contributed by atoms with Crippen LogP contribution in [0, 0.1) is 5.92 Å². The molecule has 0 radical (unpaired) electrons. The third kappa shape index (κ3) is 2.78. The molecule has 1 saturated heterocycles. The van der Waals surface area contributed by atoms with E-state index in [1.165, 1.54) is 12.8 Å². The fourth-order valence-electron chi connectivity index (χ4n) is 3.10. The number of hydrogen-bond acceptors (Lipinski definition) is 3. The normalized spacial score (nSPS) is 18.9. The van der Waals surface area contributed by atoms with E-state index in [9.17, 15) is 4.79 Å². The summed E-state index contributed by atoms with van der Waals surface area (Å²) in [5.74, 6) is 0.556. The van der Waals surface area contributed by atoms with Crippen molar-refractivity contribution in [1.29, 1.82) is 0 Å². The quantitative estimate of drug-likeness (QED) is 0.933. The number of rotatable bonds is 3. The van der Waals surface area contributed by atoms with E-state index in [4.69, 9.17) is 0 Å². The van der Waals surface area contributed by atoms with Gasteiger partial charge in [0.15, 0.2) is 5.69 Å². The number of nitrogens with one attached hydrogen (secondary N) is 1. The maximum absolute atomic E-state index is 12.7. The molecule has 21 heavy (non-hydrogen) atoms. The van der Waals surface area contributed by atoms with E-state index in [1.54, 1.807) is 4.68 Å². The second kappa shape index (κ2) is 5.85. The first-order chi connectivity index (χ1) is 10.2. The molecule has 3 rings (SSSR count). The van der Waals surface area contributed by atoms with Gasteiger partial charge in [-0.25, -0.2) is 0 Å². The van der Waals surface area contributed by atoms with E-state index in [2.05, 4.69) is 10.4 Å². The lowest BCUT2D eigenvalue weighted by molar-refractivity contribution is 0.0760. The number of fused-ring (bicyclic) bond motifs is 1. The number of aromatic nitrogens is 2. The standard InChI is InChI=1S/C16H22N4O/c1-19(11-12-6-5-9-17-10-12)16(21)15-13-7-3-4-8-14(13)20(2)18-15/h3-4,7-8,12,17H,5-6,9-11H2,1-2H3. The molecule has 1 atom stereocenters. The molecule has 5 heteroatoms. The van der Waals surface area contributed by atoms with Crippen molar-refractivity contribution in [2.75, 3.05) is 26.7 Å². The van der Waals surface area contributed by atoms with Gasteiger partial charge in [0.1, 0.15) is 0 Å². The Bertz CT molecular complexity index is 643. The smallest absolute Gasteiger partial charge is 0.274 e. The molecule has 0 bridgehead atoms. The lowest BCUT2D eigenvalue weighted by Gasteiger charge is -2.27. The number of carbonyl (C=O) groups excluding carboxylic acids is 1. The van der Waals surface area contributed by atoms with Crippen LogP contribution < -0.4 is 5.32 Å². The van der Waals surface area contributed by atoms with Crippen LogP contribution in [0.4, 0.5) is 0 Å². The Balaban J connectivity index is 1.79. The van der Waals surface area contributed by atoms with E-state index in [-0.39, 0.29) is 5.91 Å². The molecule has 2 aromatic rings. The minimum absolute atomic E-state index is 0.0115. The molecule has 1 unspecified atom stereocenters. The minimum Gasteiger partial charge on any atom is -0.340 e. The van der Waals surface area contributed by atoms with Crippen LogP contribution in [0.5, 0.6) is 0 Å². The fraction of sp³-hybridized carbons (Fsp3) is 0.500. The first kappa shape index (κ1) is 14.1. The summed E-state index contributed by atoms with van der Waals surface area (Å²) in [5.41, 5.74) is 1.55. The van der Waals surface area contributed by atoms with Gasteiger partial charge in [-0.1, -0.05) is 18.2 Å². The maximum atomic E-state index is 12.7. The van der Waals surface area contributed by atoms with Gasteiger partial charge in [0.25, 0.3) is 5.91 Å². The largest absolute Gasteiger partial charge is 0.340 e. The van der Waals surface area contributed by atoms with Gasteiger partial charge in [-0.15, -0.1) is 0 Å². The van der Waals surface area contributed by atoms with Crippen LogP contribution >= 0.6 is 0 Å². The molecule has 1 aromatic carbocycles. The number of nitrogens with zero attached hydrogens (tertiary/aromatic N) is 3. The molecule has 1 aliphatic rings. The number of benzene rings is 1. The predicted molar refractivity (Wildman–Crippen MR) is 83.3 cm³/mol. The van der Waals surface area contributed by atoms with Crippen molar-refractivity contribution in [2.45, 2.75) is 12.8 Å². The van der Waals surface area contributed by atoms with E-state index in [0.29, 0.717) is 11.6 Å². The van der Waals surface area contributed by atoms with Gasteiger partial charge in [-0.3, -0.25) is 9.48 Å². The Morgan fingerprint density at radius 1 is 1.48 bits per heavy atom. The van der Waals surface area contributed by atoms with Crippen molar-refractivity contribution in [3.63, 3.8) is 0 Å². The van der Waals surface area contributed by atoms with Crippen LogP contribution in [0.2, 0.25) is 0 Å². The van der Waals surface area contributed by atoms with Crippen LogP contribution in [0.3, 0.4) is 0 Å². The van der Waals surface area contributed by atoms with Crippen LogP contribution in [0.1, 0.15) is 23.3 Å². The van der Waals surface area contributed by atoms with Gasteiger partial charge >= 0.3 is 0 Å². The summed E-state index contributed by atoms with van der Waals surface area (Å²) >= 11 is 0. The van der Waals surface area contributed by atoms with Crippen molar-refractivity contribution in [1.82, 2.24) is 20.0 Å². The molecular formula is C16H22N4O. The van der Waals surface area contributed by atoms with Gasteiger partial charge in [0.2, 0.25) is 0 Å². The lowest BCUT2D eigenvalue weighted by Crippen LogP contribution is -2.39. The Morgan fingerprint density at radius 3 is 3.05 bits per heavy atom. The van der Waals surface area contributed by atoms with Gasteiger partial charge in [0, 0.05) is 26.0 Å². The van der Waals surface area contributed by atoms with Crippen LogP contribution in [0.15, 0.2) is 24.3 Å². The lowest BCUT2D eigenvalue weighted by atomic mass is 9.99. The summed E-state index contributed by atoms with van der Waals surface area (Å²) in [6.07, 6.45) is 2.38. The maximum Gasteiger partial charge on any atom is 0.274 e. The first-order valence-corrected chi connectivity index (χ1v) is 7.54. The van der Waals surface area contributed by atoms with E-state index in [1.807, 2.05) is 43.3 Å². The third-order valence-electron chi connectivity index (χ3n) is 4.24. The van der Waals surface area contributed by atoms with Crippen molar-refractivity contribution >= 4 is 16.8 Å². The Kier molecular flexibility index (Phi) is 3.92. The molecule has 5 nitrogen and oxygen atoms in total. The predicted octanol–water partition coefficient (Wildman–Crippen LogP) is 1.64. The van der Waals surface area contributed by atoms with Crippen LogP contribution in [0.25, 0.3) is 10.9 Å². The Morgan fingerprint density at radius 2 is 2.29 bits per heavy atom. The molecule has 1 N–H and O–H groups in total. The number of amides is 1. The molecule has 0 spiro atoms. The van der Waals surface area contributed by atoms with Crippen molar-refractivity contribution in [2.24, 2.45) is 13.0 Å². The second-order valence-corrected chi connectivity index (χ2v) is 5.89. The first-order valence-electron chi connectivity index (χ1n) is 7.54. The van der Waals surface area contributed by atoms with Gasteiger partial charge < -0.3 is 10.2 Å². The summed E-state index contributed by atoms with van der Waals surface area (Å²) < 4.78 is 1.78. The zero-order chi connectivity index (χ0) is 14.8. The molecular weight excluding hydrogens is 264 g/mol. The highest BCUT2D eigenvalue weighted by atomic mass is 16.2. The molecule has 1 aliphatic heterocycles. The molecule has 1 amide bonds. The van der Waals surface area contributed by atoms with Crippen LogP contribution in [-0.2, 0) is 7.05 Å². The number of para-hydroxylation sites is 1. The third-order valence-corrected chi connectivity index (χ3v) is 4.24. The molecule has 1 aromatic heterocycles. The Labute approximate surface area is 124 Å². The van der Waals surface area contributed by atoms with Crippen LogP contribution in [-0.4, -0.2) is 47.3 Å². The van der Waals surface area contributed by atoms with Gasteiger partial charge in [-0.05, 0) is 37.9 Å². The average molecular weight is 286 g/mol. The number of aryl methyl sites for hydroxylation is 1. The van der Waals surface area contributed by atoms with Gasteiger partial charge in [0.05, 0.1) is 5.52 Å². The average Bonchev–Trinajstić information content (AvgIpc) is 2.85. The molecule has 112 valence electrons. The molecule has 2 heterocycles. The van der Waals surface area contributed by atoms with Crippen molar-refractivity contribution in [3.8, 4) is 0 Å². The minimum atomic E-state index is 0.0115. The summed E-state index contributed by atoms with van der Waals surface area (Å²) in [7, 11) is 3.75. The zero-order valence-electron chi connectivity index (χ0n) is 12.7. The Hall–Kier alpha value is -1.88. The zero-order valence-corrected chi connectivity index (χ0v) is 12.7. The number of hydrogen-bond donors (Lipinski definition) is 1. The van der Waals surface area contributed by atoms with Gasteiger partial charge in [-0.2, -0.15) is 5.10 Å². The summed E-state index contributed by atoms with van der Waals surface area (Å²) in [6.45, 7) is 2.89. The highest BCUT2D eigenvalue weighted by Crippen LogP contribution is 2.19. The van der Waals surface area contributed by atoms with E-state index < -0.39 is 0 Å². The monoisotopic (exact) mass is 286 g/mol. The fourth-order valence-corrected chi connectivity index (χ4v) is 3.10. The highest BCUT2D eigenvalue weighted by Gasteiger charge is 2.22. The van der Waals surface area contributed by atoms with E-state index in [0.717, 1.165) is 30.5 Å². The molecule has 0 aliphatic carbocycles. The number of piperidine rings is 1. The summed E-state index contributed by atoms with van der Waals surface area (Å²) in [5, 5.41) is 8.74. The van der Waals surface area contributed by atoms with E-state index >= 15 is 0 Å². The topological polar surface area (TPSA) is 50.2 Å². The number of carbonyl (C=O) groups is 1. The molecule has 1 fully saturated rings. The van der Waals surface area contributed by atoms with Crippen molar-refractivity contribution in [3.05, 3.63) is 30.0 Å². The van der Waals surface area contributed by atoms with Crippen molar-refractivity contribution < 1.29 is 4.79 Å². The molecule has 0 saturated carbocycles. The summed E-state index contributed by atoms with van der Waals surface area (Å²) in [6, 6.07) is 7.87. The highest BCUT2D eigenvalue weighted by molar-refractivity contribution is 6.04. The second-order valence-electron chi connectivity index (χ2n) is 5.89. The summed E-state index contributed by atoms with van der Waals surface area (Å²) in [4.78, 5) is 14.5. The SMILES string of the molecule is CN(CC1CCCNC1)C(=O)c1nn(C)c2ccccc12.